The zero-order valence-electron chi connectivity index (χ0n) is 18.0. The Balaban J connectivity index is 1.70. The van der Waals surface area contributed by atoms with Gasteiger partial charge in [0, 0.05) is 23.3 Å². The Morgan fingerprint density at radius 3 is 1.97 bits per heavy atom. The van der Waals surface area contributed by atoms with Crippen molar-refractivity contribution in [2.75, 3.05) is 31.4 Å². The van der Waals surface area contributed by atoms with Crippen LogP contribution in [0.3, 0.4) is 0 Å². The minimum atomic E-state index is -0.590. The molecule has 3 rings (SSSR count). The topological polar surface area (TPSA) is 106 Å². The van der Waals surface area contributed by atoms with E-state index < -0.39 is 17.6 Å². The summed E-state index contributed by atoms with van der Waals surface area (Å²) in [6.45, 7) is -0.354. The Bertz CT molecular complexity index is 1170. The van der Waals surface area contributed by atoms with Gasteiger partial charge in [-0.05, 0) is 30.3 Å². The van der Waals surface area contributed by atoms with Crippen LogP contribution in [0.15, 0.2) is 66.7 Å². The third-order valence-corrected chi connectivity index (χ3v) is 4.58. The van der Waals surface area contributed by atoms with Gasteiger partial charge in [0.15, 0.2) is 0 Å². The number of hydrogen-bond donors (Lipinski definition) is 3. The van der Waals surface area contributed by atoms with E-state index in [2.05, 4.69) is 16.0 Å². The molecule has 0 radical (unpaired) electrons. The molecule has 0 aromatic heterocycles. The van der Waals surface area contributed by atoms with E-state index in [1.807, 2.05) is 0 Å². The number of halogens is 1. The van der Waals surface area contributed by atoms with Gasteiger partial charge in [0.05, 0.1) is 32.1 Å². The Kier molecular flexibility index (Phi) is 7.59. The van der Waals surface area contributed by atoms with E-state index in [1.165, 1.54) is 44.6 Å². The monoisotopic (exact) mass is 451 g/mol. The highest BCUT2D eigenvalue weighted by Crippen LogP contribution is 2.36. The second kappa shape index (κ2) is 10.8. The zero-order valence-corrected chi connectivity index (χ0v) is 18.0. The molecule has 3 aromatic rings. The second-order valence-electron chi connectivity index (χ2n) is 6.81. The average Bonchev–Trinajstić information content (AvgIpc) is 2.83. The van der Waals surface area contributed by atoms with E-state index in [-0.39, 0.29) is 29.5 Å². The van der Waals surface area contributed by atoms with Crippen LogP contribution in [0.25, 0.3) is 0 Å². The molecule has 8 nitrogen and oxygen atoms in total. The van der Waals surface area contributed by atoms with E-state index in [1.54, 1.807) is 30.3 Å². The number of nitrogens with one attached hydrogen (secondary N) is 3. The first kappa shape index (κ1) is 23.3. The van der Waals surface area contributed by atoms with Gasteiger partial charge in [0.25, 0.3) is 11.8 Å². The zero-order chi connectivity index (χ0) is 23.8. The molecule has 0 unspecified atom stereocenters. The molecule has 0 saturated heterocycles. The van der Waals surface area contributed by atoms with Gasteiger partial charge >= 0.3 is 0 Å². The predicted octanol–water partition coefficient (Wildman–Crippen LogP) is 3.46. The van der Waals surface area contributed by atoms with Crippen LogP contribution in [0.2, 0.25) is 0 Å². The quantitative estimate of drug-likeness (QED) is 0.486. The van der Waals surface area contributed by atoms with E-state index >= 15 is 0 Å². The number of hydrogen-bond acceptors (Lipinski definition) is 5. The van der Waals surface area contributed by atoms with Crippen LogP contribution < -0.4 is 25.4 Å². The van der Waals surface area contributed by atoms with Crippen molar-refractivity contribution < 1.29 is 28.2 Å². The first-order valence-corrected chi connectivity index (χ1v) is 9.87. The number of anilines is 2. The molecule has 0 spiro atoms. The molecule has 0 heterocycles. The van der Waals surface area contributed by atoms with Crippen molar-refractivity contribution in [1.82, 2.24) is 5.32 Å². The molecule has 3 amide bonds. The smallest absolute Gasteiger partial charge is 0.255 e. The van der Waals surface area contributed by atoms with Gasteiger partial charge < -0.3 is 25.4 Å². The number of carbonyl (C=O) groups excluding carboxylic acids is 3. The summed E-state index contributed by atoms with van der Waals surface area (Å²) in [5.74, 6) is -1.46. The number of amides is 3. The largest absolute Gasteiger partial charge is 0.494 e. The van der Waals surface area contributed by atoms with Crippen LogP contribution in [0.4, 0.5) is 15.8 Å². The maximum Gasteiger partial charge on any atom is 0.255 e. The minimum Gasteiger partial charge on any atom is -0.494 e. The fourth-order valence-electron chi connectivity index (χ4n) is 2.96. The molecular weight excluding hydrogens is 429 g/mol. The van der Waals surface area contributed by atoms with Crippen molar-refractivity contribution in [3.05, 3.63) is 83.7 Å². The van der Waals surface area contributed by atoms with E-state index in [9.17, 15) is 18.8 Å². The molecule has 0 aliphatic carbocycles. The summed E-state index contributed by atoms with van der Waals surface area (Å²) in [7, 11) is 2.83. The fourth-order valence-corrected chi connectivity index (χ4v) is 2.96. The molecule has 9 heteroatoms. The van der Waals surface area contributed by atoms with Crippen molar-refractivity contribution in [2.24, 2.45) is 0 Å². The lowest BCUT2D eigenvalue weighted by atomic mass is 10.2. The predicted molar refractivity (Wildman–Crippen MR) is 121 cm³/mol. The van der Waals surface area contributed by atoms with Gasteiger partial charge in [-0.3, -0.25) is 14.4 Å². The van der Waals surface area contributed by atoms with Crippen molar-refractivity contribution >= 4 is 29.1 Å². The minimum absolute atomic E-state index is 0.0977. The molecule has 0 aliphatic heterocycles. The third-order valence-electron chi connectivity index (χ3n) is 4.58. The summed E-state index contributed by atoms with van der Waals surface area (Å²) >= 11 is 0. The molecule has 0 atom stereocenters. The van der Waals surface area contributed by atoms with Gasteiger partial charge in [0.2, 0.25) is 5.91 Å². The van der Waals surface area contributed by atoms with Crippen molar-refractivity contribution in [3.63, 3.8) is 0 Å². The van der Waals surface area contributed by atoms with E-state index in [4.69, 9.17) is 9.47 Å². The van der Waals surface area contributed by atoms with Crippen LogP contribution in [-0.2, 0) is 4.79 Å². The summed E-state index contributed by atoms with van der Waals surface area (Å²) < 4.78 is 23.9. The molecule has 0 fully saturated rings. The number of carbonyl (C=O) groups is 3. The normalized spacial score (nSPS) is 10.2. The summed E-state index contributed by atoms with van der Waals surface area (Å²) in [5, 5.41) is 7.79. The van der Waals surface area contributed by atoms with E-state index in [0.29, 0.717) is 17.0 Å². The van der Waals surface area contributed by atoms with Gasteiger partial charge in [-0.2, -0.15) is 0 Å². The van der Waals surface area contributed by atoms with Gasteiger partial charge in [-0.15, -0.1) is 0 Å². The molecule has 170 valence electrons. The van der Waals surface area contributed by atoms with Crippen molar-refractivity contribution in [2.45, 2.75) is 0 Å². The van der Waals surface area contributed by atoms with Gasteiger partial charge in [-0.1, -0.05) is 24.3 Å². The number of benzene rings is 3. The first-order chi connectivity index (χ1) is 15.9. The number of methoxy groups -OCH3 is 2. The Labute approximate surface area is 189 Å². The molecular formula is C24H22FN3O5. The molecule has 3 aromatic carbocycles. The maximum absolute atomic E-state index is 13.3. The second-order valence-corrected chi connectivity index (χ2v) is 6.81. The van der Waals surface area contributed by atoms with Crippen LogP contribution in [0.1, 0.15) is 20.7 Å². The summed E-state index contributed by atoms with van der Waals surface area (Å²) in [4.78, 5) is 37.0. The SMILES string of the molecule is COc1cc(NC(=O)c2ccccc2)c(OC)cc1NC(=O)CNC(=O)c1cccc(F)c1. The Morgan fingerprint density at radius 1 is 0.758 bits per heavy atom. The molecule has 0 saturated carbocycles. The molecule has 0 aliphatic rings. The van der Waals surface area contributed by atoms with Crippen molar-refractivity contribution in [1.29, 1.82) is 0 Å². The number of ether oxygens (including phenoxy) is 2. The molecule has 3 N–H and O–H groups in total. The van der Waals surface area contributed by atoms with Crippen molar-refractivity contribution in [3.8, 4) is 11.5 Å². The fraction of sp³-hybridized carbons (Fsp3) is 0.125. The Morgan fingerprint density at radius 2 is 1.36 bits per heavy atom. The average molecular weight is 451 g/mol. The highest BCUT2D eigenvalue weighted by atomic mass is 19.1. The number of rotatable bonds is 8. The maximum atomic E-state index is 13.3. The lowest BCUT2D eigenvalue weighted by Gasteiger charge is -2.16. The summed E-state index contributed by atoms with van der Waals surface area (Å²) in [6, 6.07) is 16.8. The van der Waals surface area contributed by atoms with Crippen LogP contribution in [0.5, 0.6) is 11.5 Å². The summed E-state index contributed by atoms with van der Waals surface area (Å²) in [6.07, 6.45) is 0. The highest BCUT2D eigenvalue weighted by Gasteiger charge is 2.17. The van der Waals surface area contributed by atoms with E-state index in [0.717, 1.165) is 6.07 Å². The van der Waals surface area contributed by atoms with Crippen LogP contribution in [-0.4, -0.2) is 38.5 Å². The lowest BCUT2D eigenvalue weighted by molar-refractivity contribution is -0.115. The first-order valence-electron chi connectivity index (χ1n) is 9.87. The van der Waals surface area contributed by atoms with Crippen LogP contribution >= 0.6 is 0 Å². The summed E-state index contributed by atoms with van der Waals surface area (Å²) in [5.41, 5.74) is 1.18. The highest BCUT2D eigenvalue weighted by molar-refractivity contribution is 6.06. The molecule has 33 heavy (non-hydrogen) atoms. The van der Waals surface area contributed by atoms with Gasteiger partial charge in [-0.25, -0.2) is 4.39 Å². The van der Waals surface area contributed by atoms with Crippen LogP contribution in [0, 0.1) is 5.82 Å². The Hall–Kier alpha value is -4.40. The van der Waals surface area contributed by atoms with Gasteiger partial charge in [0.1, 0.15) is 17.3 Å². The standard InChI is InChI=1S/C24H22FN3O5/c1-32-20-13-19(28-24(31)15-7-4-3-5-8-15)21(33-2)12-18(20)27-22(29)14-26-23(30)16-9-6-10-17(25)11-16/h3-13H,14H2,1-2H3,(H,26,30)(H,27,29)(H,28,31). The molecule has 0 bridgehead atoms. The third kappa shape index (κ3) is 6.07. The lowest BCUT2D eigenvalue weighted by Crippen LogP contribution is -2.33.